The Bertz CT molecular complexity index is 513. The molecule has 1 N–H and O–H groups in total. The maximum Gasteiger partial charge on any atom is 0.0587 e. The molecule has 0 aliphatic carbocycles. The number of hydrogen-bond acceptors (Lipinski definition) is 4. The molecule has 0 unspecified atom stereocenters. The Kier molecular flexibility index (Phi) is 6.19. The number of nitrogens with one attached hydrogen (secondary N) is 1. The molecular formula is C17H23N3O. The maximum absolute atomic E-state index is 5.01. The summed E-state index contributed by atoms with van der Waals surface area (Å²) < 4.78 is 5.01. The summed E-state index contributed by atoms with van der Waals surface area (Å²) in [4.78, 5) is 6.37. The van der Waals surface area contributed by atoms with E-state index in [1.165, 1.54) is 16.8 Å². The van der Waals surface area contributed by atoms with E-state index in [0.29, 0.717) is 0 Å². The highest BCUT2D eigenvalue weighted by molar-refractivity contribution is 5.47. The molecule has 0 saturated heterocycles. The summed E-state index contributed by atoms with van der Waals surface area (Å²) in [7, 11) is 3.81. The molecule has 21 heavy (non-hydrogen) atoms. The van der Waals surface area contributed by atoms with Crippen LogP contribution in [-0.4, -0.2) is 32.3 Å². The van der Waals surface area contributed by atoms with Crippen LogP contribution in [-0.2, 0) is 17.8 Å². The number of rotatable bonds is 8. The number of benzene rings is 1. The van der Waals surface area contributed by atoms with Crippen molar-refractivity contribution in [3.05, 3.63) is 59.9 Å². The Morgan fingerprint density at radius 1 is 1.14 bits per heavy atom. The minimum atomic E-state index is 0.742. The van der Waals surface area contributed by atoms with Crippen molar-refractivity contribution in [2.75, 3.05) is 32.2 Å². The highest BCUT2D eigenvalue weighted by Crippen LogP contribution is 2.16. The molecule has 0 atom stereocenters. The first kappa shape index (κ1) is 15.5. The lowest BCUT2D eigenvalue weighted by Gasteiger charge is -2.19. The lowest BCUT2D eigenvalue weighted by molar-refractivity contribution is 0.199. The number of methoxy groups -OCH3 is 1. The molecule has 1 aromatic heterocycles. The fourth-order valence-electron chi connectivity index (χ4n) is 2.13. The van der Waals surface area contributed by atoms with Crippen LogP contribution in [0.25, 0.3) is 0 Å². The first-order valence-electron chi connectivity index (χ1n) is 7.18. The van der Waals surface area contributed by atoms with Gasteiger partial charge in [-0.05, 0) is 29.3 Å². The van der Waals surface area contributed by atoms with Crippen molar-refractivity contribution < 1.29 is 4.74 Å². The Hall–Kier alpha value is -1.91. The summed E-state index contributed by atoms with van der Waals surface area (Å²) in [5.74, 6) is 0. The number of nitrogens with zero attached hydrogens (tertiary/aromatic N) is 2. The van der Waals surface area contributed by atoms with Gasteiger partial charge in [0.2, 0.25) is 0 Å². The summed E-state index contributed by atoms with van der Waals surface area (Å²) in [5.41, 5.74) is 3.70. The largest absolute Gasteiger partial charge is 0.383 e. The van der Waals surface area contributed by atoms with E-state index in [1.807, 2.05) is 12.3 Å². The van der Waals surface area contributed by atoms with Gasteiger partial charge in [0.1, 0.15) is 0 Å². The van der Waals surface area contributed by atoms with E-state index in [2.05, 4.69) is 52.6 Å². The zero-order valence-electron chi connectivity index (χ0n) is 12.7. The van der Waals surface area contributed by atoms with E-state index in [-0.39, 0.29) is 0 Å². The number of anilines is 1. The monoisotopic (exact) mass is 285 g/mol. The molecule has 0 amide bonds. The second-order valence-electron chi connectivity index (χ2n) is 5.05. The van der Waals surface area contributed by atoms with Crippen LogP contribution < -0.4 is 10.2 Å². The van der Waals surface area contributed by atoms with Crippen LogP contribution in [0, 0.1) is 0 Å². The Balaban J connectivity index is 1.86. The highest BCUT2D eigenvalue weighted by atomic mass is 16.5. The molecule has 2 rings (SSSR count). The average Bonchev–Trinajstić information content (AvgIpc) is 2.53. The molecule has 1 heterocycles. The molecule has 1 aromatic carbocycles. The average molecular weight is 285 g/mol. The highest BCUT2D eigenvalue weighted by Gasteiger charge is 2.02. The number of aromatic nitrogens is 1. The van der Waals surface area contributed by atoms with Crippen molar-refractivity contribution in [3.63, 3.8) is 0 Å². The van der Waals surface area contributed by atoms with Gasteiger partial charge in [-0.2, -0.15) is 0 Å². The molecule has 2 aromatic rings. The minimum absolute atomic E-state index is 0.742. The van der Waals surface area contributed by atoms with E-state index in [9.17, 15) is 0 Å². The van der Waals surface area contributed by atoms with E-state index in [4.69, 9.17) is 4.74 Å². The van der Waals surface area contributed by atoms with Gasteiger partial charge in [-0.25, -0.2) is 0 Å². The maximum atomic E-state index is 5.01. The van der Waals surface area contributed by atoms with Gasteiger partial charge in [0, 0.05) is 51.9 Å². The van der Waals surface area contributed by atoms with Crippen LogP contribution in [0.5, 0.6) is 0 Å². The van der Waals surface area contributed by atoms with Gasteiger partial charge in [0.25, 0.3) is 0 Å². The second-order valence-corrected chi connectivity index (χ2v) is 5.05. The van der Waals surface area contributed by atoms with Crippen molar-refractivity contribution in [3.8, 4) is 0 Å². The van der Waals surface area contributed by atoms with Crippen LogP contribution in [0.1, 0.15) is 11.1 Å². The first-order chi connectivity index (χ1) is 10.3. The van der Waals surface area contributed by atoms with Gasteiger partial charge in [0.15, 0.2) is 0 Å². The summed E-state index contributed by atoms with van der Waals surface area (Å²) >= 11 is 0. The molecule has 4 nitrogen and oxygen atoms in total. The number of pyridine rings is 1. The molecule has 0 saturated carbocycles. The van der Waals surface area contributed by atoms with E-state index >= 15 is 0 Å². The predicted octanol–water partition coefficient (Wildman–Crippen LogP) is 2.45. The van der Waals surface area contributed by atoms with Crippen LogP contribution in [0.15, 0.2) is 48.8 Å². The van der Waals surface area contributed by atoms with Crippen molar-refractivity contribution >= 4 is 5.69 Å². The summed E-state index contributed by atoms with van der Waals surface area (Å²) in [6.07, 6.45) is 3.71. The molecule has 0 bridgehead atoms. The van der Waals surface area contributed by atoms with Crippen LogP contribution in [0.3, 0.4) is 0 Å². The van der Waals surface area contributed by atoms with Crippen molar-refractivity contribution in [1.29, 1.82) is 0 Å². The zero-order valence-corrected chi connectivity index (χ0v) is 12.7. The Morgan fingerprint density at radius 3 is 2.62 bits per heavy atom. The Morgan fingerprint density at radius 2 is 1.95 bits per heavy atom. The summed E-state index contributed by atoms with van der Waals surface area (Å²) in [5, 5.41) is 3.34. The second kappa shape index (κ2) is 8.39. The SMILES string of the molecule is COCCNCc1ccc(N(C)Cc2cccnc2)cc1. The van der Waals surface area contributed by atoms with Crippen molar-refractivity contribution in [2.45, 2.75) is 13.1 Å². The molecule has 4 heteroatoms. The van der Waals surface area contributed by atoms with E-state index in [1.54, 1.807) is 13.3 Å². The molecule has 0 spiro atoms. The quantitative estimate of drug-likeness (QED) is 0.756. The fraction of sp³-hybridized carbons (Fsp3) is 0.353. The third kappa shape index (κ3) is 5.17. The molecule has 0 aliphatic rings. The van der Waals surface area contributed by atoms with Gasteiger partial charge in [0.05, 0.1) is 6.61 Å². The molecule has 0 aliphatic heterocycles. The molecular weight excluding hydrogens is 262 g/mol. The first-order valence-corrected chi connectivity index (χ1v) is 7.18. The van der Waals surface area contributed by atoms with Gasteiger partial charge in [-0.1, -0.05) is 18.2 Å². The predicted molar refractivity (Wildman–Crippen MR) is 86.4 cm³/mol. The molecule has 0 radical (unpaired) electrons. The van der Waals surface area contributed by atoms with Crippen LogP contribution >= 0.6 is 0 Å². The smallest absolute Gasteiger partial charge is 0.0587 e. The van der Waals surface area contributed by atoms with Gasteiger partial charge >= 0.3 is 0 Å². The lowest BCUT2D eigenvalue weighted by Crippen LogP contribution is -2.19. The third-order valence-electron chi connectivity index (χ3n) is 3.33. The normalized spacial score (nSPS) is 10.6. The van der Waals surface area contributed by atoms with Crippen LogP contribution in [0.4, 0.5) is 5.69 Å². The molecule has 112 valence electrons. The van der Waals surface area contributed by atoms with Crippen LogP contribution in [0.2, 0.25) is 0 Å². The zero-order chi connectivity index (χ0) is 14.9. The van der Waals surface area contributed by atoms with Crippen molar-refractivity contribution in [1.82, 2.24) is 10.3 Å². The summed E-state index contributed by atoms with van der Waals surface area (Å²) in [6, 6.07) is 12.7. The van der Waals surface area contributed by atoms with Gasteiger partial charge < -0.3 is 15.0 Å². The van der Waals surface area contributed by atoms with Gasteiger partial charge in [-0.15, -0.1) is 0 Å². The van der Waals surface area contributed by atoms with E-state index < -0.39 is 0 Å². The van der Waals surface area contributed by atoms with Gasteiger partial charge in [-0.3, -0.25) is 4.98 Å². The van der Waals surface area contributed by atoms with Crippen molar-refractivity contribution in [2.24, 2.45) is 0 Å². The molecule has 0 fully saturated rings. The standard InChI is InChI=1S/C17H23N3O/c1-20(14-16-4-3-9-18-13-16)17-7-5-15(6-8-17)12-19-10-11-21-2/h3-9,13,19H,10-12,14H2,1-2H3. The number of ether oxygens (including phenoxy) is 1. The Labute approximate surface area is 126 Å². The minimum Gasteiger partial charge on any atom is -0.383 e. The van der Waals surface area contributed by atoms with E-state index in [0.717, 1.165) is 26.2 Å². The summed E-state index contributed by atoms with van der Waals surface area (Å²) in [6.45, 7) is 3.35. The lowest BCUT2D eigenvalue weighted by atomic mass is 10.2. The fourth-order valence-corrected chi connectivity index (χ4v) is 2.13. The number of hydrogen-bond donors (Lipinski definition) is 1. The third-order valence-corrected chi connectivity index (χ3v) is 3.33. The topological polar surface area (TPSA) is 37.4 Å².